The summed E-state index contributed by atoms with van der Waals surface area (Å²) in [6.45, 7) is 1.52. The highest BCUT2D eigenvalue weighted by Gasteiger charge is 1.92. The maximum absolute atomic E-state index is 11.1. The summed E-state index contributed by atoms with van der Waals surface area (Å²) in [6, 6.07) is 7.84. The molecule has 1 aromatic rings. The molecule has 0 bridgehead atoms. The zero-order chi connectivity index (χ0) is 12.7. The van der Waals surface area contributed by atoms with Crippen LogP contribution in [0.4, 0.5) is 0 Å². The largest absolute Gasteiger partial charge is 0.311 e. The van der Waals surface area contributed by atoms with Gasteiger partial charge in [-0.05, 0) is 24.6 Å². The molecule has 0 unspecified atom stereocenters. The first-order chi connectivity index (χ1) is 8.08. The highest BCUT2D eigenvalue weighted by molar-refractivity contribution is 9.10. The molecule has 17 heavy (non-hydrogen) atoms. The number of allylic oxidation sites excluding steroid dienone is 2. The van der Waals surface area contributed by atoms with Crippen molar-refractivity contribution >= 4 is 33.7 Å². The first-order valence-corrected chi connectivity index (χ1v) is 5.83. The van der Waals surface area contributed by atoms with Crippen LogP contribution in [0.3, 0.4) is 0 Å². The van der Waals surface area contributed by atoms with E-state index in [1.54, 1.807) is 12.2 Å². The Kier molecular flexibility index (Phi) is 5.36. The van der Waals surface area contributed by atoms with Crippen LogP contribution < -0.4 is 5.32 Å². The number of amidine groups is 1. The van der Waals surface area contributed by atoms with Crippen molar-refractivity contribution in [3.05, 3.63) is 52.5 Å². The first kappa shape index (κ1) is 13.4. The molecule has 1 rings (SSSR count). The third-order valence-corrected chi connectivity index (χ3v) is 2.30. The minimum atomic E-state index is -0.295. The third-order valence-electron chi connectivity index (χ3n) is 1.81. The van der Waals surface area contributed by atoms with E-state index in [2.05, 4.69) is 21.2 Å². The highest BCUT2D eigenvalue weighted by atomic mass is 79.9. The van der Waals surface area contributed by atoms with Gasteiger partial charge in [0.2, 0.25) is 5.91 Å². The average molecular weight is 293 g/mol. The van der Waals surface area contributed by atoms with Gasteiger partial charge in [0.1, 0.15) is 0 Å². The molecule has 2 N–H and O–H groups in total. The number of hydrogen-bond acceptors (Lipinski definition) is 2. The molecule has 0 radical (unpaired) electrons. The normalized spacial score (nSPS) is 10.9. The van der Waals surface area contributed by atoms with E-state index in [0.29, 0.717) is 0 Å². The summed E-state index contributed by atoms with van der Waals surface area (Å²) in [6.07, 6.45) is 6.69. The quantitative estimate of drug-likeness (QED) is 0.382. The minimum Gasteiger partial charge on any atom is -0.311 e. The number of benzene rings is 1. The smallest absolute Gasteiger partial charge is 0.249 e. The second kappa shape index (κ2) is 6.81. The number of amides is 1. The van der Waals surface area contributed by atoms with E-state index in [1.807, 2.05) is 30.3 Å². The average Bonchev–Trinajstić information content (AvgIpc) is 2.23. The molecule has 1 amide bonds. The topological polar surface area (TPSA) is 53.0 Å². The summed E-state index contributed by atoms with van der Waals surface area (Å²) in [4.78, 5) is 11.1. The van der Waals surface area contributed by atoms with Gasteiger partial charge in [-0.15, -0.1) is 0 Å². The Morgan fingerprint density at radius 3 is 2.82 bits per heavy atom. The molecule has 88 valence electrons. The van der Waals surface area contributed by atoms with Crippen LogP contribution in [0.1, 0.15) is 12.5 Å². The Morgan fingerprint density at radius 1 is 1.41 bits per heavy atom. The van der Waals surface area contributed by atoms with E-state index < -0.39 is 0 Å². The molecule has 4 heteroatoms. The Labute approximate surface area is 109 Å². The summed E-state index contributed by atoms with van der Waals surface area (Å²) in [5, 5.41) is 9.44. The van der Waals surface area contributed by atoms with Crippen LogP contribution >= 0.6 is 15.9 Å². The van der Waals surface area contributed by atoms with Gasteiger partial charge in [-0.3, -0.25) is 10.2 Å². The molecule has 3 nitrogen and oxygen atoms in total. The fourth-order valence-corrected chi connectivity index (χ4v) is 1.56. The van der Waals surface area contributed by atoms with Gasteiger partial charge in [0.15, 0.2) is 0 Å². The van der Waals surface area contributed by atoms with Crippen LogP contribution in [0.5, 0.6) is 0 Å². The summed E-state index contributed by atoms with van der Waals surface area (Å²) in [5.41, 5.74) is 1.05. The van der Waals surface area contributed by atoms with Crippen molar-refractivity contribution in [2.24, 2.45) is 0 Å². The SMILES string of the molecule is CC(=N)NC(=O)/C=C/C=C/c1cccc(Br)c1. The van der Waals surface area contributed by atoms with E-state index in [-0.39, 0.29) is 11.7 Å². The number of nitrogens with one attached hydrogen (secondary N) is 2. The molecule has 0 aliphatic rings. The molecular formula is C13H13BrN2O. The second-order valence-corrected chi connectivity index (χ2v) is 4.30. The second-order valence-electron chi connectivity index (χ2n) is 3.39. The molecule has 0 spiro atoms. The van der Waals surface area contributed by atoms with Gasteiger partial charge in [0.05, 0.1) is 5.84 Å². The predicted octanol–water partition coefficient (Wildman–Crippen LogP) is 3.13. The number of hydrogen-bond donors (Lipinski definition) is 2. The van der Waals surface area contributed by atoms with Crippen LogP contribution in [0.25, 0.3) is 6.08 Å². The van der Waals surface area contributed by atoms with Gasteiger partial charge in [0, 0.05) is 10.5 Å². The Hall–Kier alpha value is -1.68. The van der Waals surface area contributed by atoms with Gasteiger partial charge in [0.25, 0.3) is 0 Å². The van der Waals surface area contributed by atoms with Crippen molar-refractivity contribution in [2.75, 3.05) is 0 Å². The van der Waals surface area contributed by atoms with Gasteiger partial charge in [-0.1, -0.05) is 46.3 Å². The Balaban J connectivity index is 2.53. The molecule has 0 saturated heterocycles. The number of halogens is 1. The molecule has 1 aromatic carbocycles. The van der Waals surface area contributed by atoms with E-state index in [1.165, 1.54) is 13.0 Å². The van der Waals surface area contributed by atoms with Crippen LogP contribution in [-0.2, 0) is 4.79 Å². The van der Waals surface area contributed by atoms with Gasteiger partial charge < -0.3 is 5.32 Å². The zero-order valence-electron chi connectivity index (χ0n) is 9.41. The lowest BCUT2D eigenvalue weighted by Gasteiger charge is -1.95. The number of carbonyl (C=O) groups is 1. The number of rotatable bonds is 3. The molecular weight excluding hydrogens is 280 g/mol. The van der Waals surface area contributed by atoms with E-state index in [4.69, 9.17) is 5.41 Å². The summed E-state index contributed by atoms with van der Waals surface area (Å²) in [5.74, 6) is -0.160. The lowest BCUT2D eigenvalue weighted by atomic mass is 10.2. The maximum Gasteiger partial charge on any atom is 0.249 e. The van der Waals surface area contributed by atoms with Crippen molar-refractivity contribution in [1.82, 2.24) is 5.32 Å². The summed E-state index contributed by atoms with van der Waals surface area (Å²) >= 11 is 3.38. The third kappa shape index (κ3) is 5.82. The highest BCUT2D eigenvalue weighted by Crippen LogP contribution is 2.12. The van der Waals surface area contributed by atoms with Crippen molar-refractivity contribution in [3.8, 4) is 0 Å². The maximum atomic E-state index is 11.1. The minimum absolute atomic E-state index is 0.135. The lowest BCUT2D eigenvalue weighted by Crippen LogP contribution is -2.25. The van der Waals surface area contributed by atoms with Crippen molar-refractivity contribution < 1.29 is 4.79 Å². The van der Waals surface area contributed by atoms with Crippen molar-refractivity contribution in [2.45, 2.75) is 6.92 Å². The molecule has 0 fully saturated rings. The van der Waals surface area contributed by atoms with Gasteiger partial charge >= 0.3 is 0 Å². The summed E-state index contributed by atoms with van der Waals surface area (Å²) < 4.78 is 1.01. The standard InChI is InChI=1S/C13H13BrN2O/c1-10(15)16-13(17)8-3-2-5-11-6-4-7-12(14)9-11/h2-9H,1H3,(H2,15,16,17)/b5-2+,8-3+. The molecule has 0 aliphatic carbocycles. The molecule has 0 atom stereocenters. The van der Waals surface area contributed by atoms with Crippen molar-refractivity contribution in [1.29, 1.82) is 5.41 Å². The van der Waals surface area contributed by atoms with Crippen LogP contribution in [-0.4, -0.2) is 11.7 Å². The van der Waals surface area contributed by atoms with E-state index in [0.717, 1.165) is 10.0 Å². The monoisotopic (exact) mass is 292 g/mol. The summed E-state index contributed by atoms with van der Waals surface area (Å²) in [7, 11) is 0. The van der Waals surface area contributed by atoms with Crippen LogP contribution in [0.15, 0.2) is 47.0 Å². The van der Waals surface area contributed by atoms with Crippen molar-refractivity contribution in [3.63, 3.8) is 0 Å². The van der Waals surface area contributed by atoms with E-state index in [9.17, 15) is 4.79 Å². The first-order valence-electron chi connectivity index (χ1n) is 5.04. The fourth-order valence-electron chi connectivity index (χ4n) is 1.15. The number of carbonyl (C=O) groups excluding carboxylic acids is 1. The molecule has 0 aromatic heterocycles. The predicted molar refractivity (Wildman–Crippen MR) is 73.9 cm³/mol. The molecule has 0 aliphatic heterocycles. The van der Waals surface area contributed by atoms with E-state index >= 15 is 0 Å². The molecule has 0 saturated carbocycles. The van der Waals surface area contributed by atoms with Gasteiger partial charge in [-0.25, -0.2) is 0 Å². The van der Waals surface area contributed by atoms with Crippen LogP contribution in [0, 0.1) is 5.41 Å². The Bertz CT molecular complexity index is 478. The Morgan fingerprint density at radius 2 is 2.18 bits per heavy atom. The van der Waals surface area contributed by atoms with Gasteiger partial charge in [-0.2, -0.15) is 0 Å². The van der Waals surface area contributed by atoms with Crippen LogP contribution in [0.2, 0.25) is 0 Å². The molecule has 0 heterocycles. The lowest BCUT2D eigenvalue weighted by molar-refractivity contribution is -0.115. The fraction of sp³-hybridized carbons (Fsp3) is 0.0769. The zero-order valence-corrected chi connectivity index (χ0v) is 11.0.